The molecule has 1 atom stereocenters. The lowest BCUT2D eigenvalue weighted by molar-refractivity contribution is 0.370. The van der Waals surface area contributed by atoms with Gasteiger partial charge in [-0.3, -0.25) is 0 Å². The number of aryl methyl sites for hydroxylation is 1. The Morgan fingerprint density at radius 1 is 1.31 bits per heavy atom. The Morgan fingerprint density at radius 3 is 2.73 bits per heavy atom. The first kappa shape index (κ1) is 19.6. The number of hydrogen-bond donors (Lipinski definition) is 3. The molecule has 26 heavy (non-hydrogen) atoms. The van der Waals surface area contributed by atoms with Gasteiger partial charge in [0.25, 0.3) is 0 Å². The molecule has 5 nitrogen and oxygen atoms in total. The zero-order chi connectivity index (χ0) is 19.1. The molecule has 0 saturated heterocycles. The molecular weight excluding hydrogens is 333 g/mol. The molecule has 1 unspecified atom stereocenters. The van der Waals surface area contributed by atoms with E-state index in [-0.39, 0.29) is 24.2 Å². The van der Waals surface area contributed by atoms with Gasteiger partial charge < -0.3 is 20.5 Å². The molecule has 0 heterocycles. The first-order valence-electron chi connectivity index (χ1n) is 8.62. The summed E-state index contributed by atoms with van der Waals surface area (Å²) >= 11 is 0. The van der Waals surface area contributed by atoms with E-state index >= 15 is 0 Å². The average molecular weight is 359 g/mol. The van der Waals surface area contributed by atoms with Crippen LogP contribution in [0.5, 0.6) is 11.5 Å². The quantitative estimate of drug-likeness (QED) is 0.544. The molecule has 140 valence electrons. The van der Waals surface area contributed by atoms with Gasteiger partial charge in [-0.25, -0.2) is 9.38 Å². The van der Waals surface area contributed by atoms with Crippen LogP contribution >= 0.6 is 0 Å². The molecule has 2 aromatic carbocycles. The summed E-state index contributed by atoms with van der Waals surface area (Å²) in [7, 11) is 1.51. The molecule has 0 saturated carbocycles. The van der Waals surface area contributed by atoms with Gasteiger partial charge >= 0.3 is 0 Å². The van der Waals surface area contributed by atoms with E-state index in [0.717, 1.165) is 5.56 Å². The molecule has 0 radical (unpaired) electrons. The van der Waals surface area contributed by atoms with E-state index in [4.69, 9.17) is 4.74 Å². The smallest absolute Gasteiger partial charge is 0.192 e. The third-order valence-electron chi connectivity index (χ3n) is 4.10. The van der Waals surface area contributed by atoms with Crippen molar-refractivity contribution in [2.24, 2.45) is 4.99 Å². The zero-order valence-electron chi connectivity index (χ0n) is 15.6. The average Bonchev–Trinajstić information content (AvgIpc) is 2.63. The number of rotatable bonds is 6. The maximum Gasteiger partial charge on any atom is 0.192 e. The van der Waals surface area contributed by atoms with E-state index in [0.29, 0.717) is 29.4 Å². The van der Waals surface area contributed by atoms with E-state index in [9.17, 15) is 9.50 Å². The standard InChI is InChI=1S/C20H26FN3O2/c1-5-22-20(23-12-16-7-6-8-18(26-4)19(16)25)24-14(3)15-10-9-13(2)17(21)11-15/h6-11,14,25H,5,12H2,1-4H3,(H2,22,23,24). The lowest BCUT2D eigenvalue weighted by atomic mass is 10.1. The lowest BCUT2D eigenvalue weighted by Gasteiger charge is -2.19. The highest BCUT2D eigenvalue weighted by molar-refractivity contribution is 5.80. The molecule has 2 rings (SSSR count). The van der Waals surface area contributed by atoms with Crippen molar-refractivity contribution < 1.29 is 14.2 Å². The Morgan fingerprint density at radius 2 is 2.08 bits per heavy atom. The molecule has 0 fully saturated rings. The summed E-state index contributed by atoms with van der Waals surface area (Å²) in [5.41, 5.74) is 2.12. The number of ether oxygens (including phenoxy) is 1. The minimum absolute atomic E-state index is 0.0863. The van der Waals surface area contributed by atoms with Crippen LogP contribution in [0.2, 0.25) is 0 Å². The summed E-state index contributed by atoms with van der Waals surface area (Å²) in [6, 6.07) is 10.4. The van der Waals surface area contributed by atoms with Crippen molar-refractivity contribution in [3.63, 3.8) is 0 Å². The fourth-order valence-electron chi connectivity index (χ4n) is 2.51. The van der Waals surface area contributed by atoms with Crippen LogP contribution in [0.4, 0.5) is 4.39 Å². The van der Waals surface area contributed by atoms with Crippen molar-refractivity contribution in [1.82, 2.24) is 10.6 Å². The molecule has 0 aliphatic heterocycles. The van der Waals surface area contributed by atoms with Gasteiger partial charge in [-0.15, -0.1) is 0 Å². The van der Waals surface area contributed by atoms with Crippen LogP contribution < -0.4 is 15.4 Å². The van der Waals surface area contributed by atoms with E-state index in [1.807, 2.05) is 26.0 Å². The first-order valence-corrected chi connectivity index (χ1v) is 8.62. The van der Waals surface area contributed by atoms with Crippen LogP contribution in [0.3, 0.4) is 0 Å². The van der Waals surface area contributed by atoms with Gasteiger partial charge in [0.1, 0.15) is 5.82 Å². The summed E-state index contributed by atoms with van der Waals surface area (Å²) in [6.45, 7) is 6.62. The Hall–Kier alpha value is -2.76. The summed E-state index contributed by atoms with van der Waals surface area (Å²) in [4.78, 5) is 4.51. The van der Waals surface area contributed by atoms with E-state index in [2.05, 4.69) is 15.6 Å². The van der Waals surface area contributed by atoms with Crippen molar-refractivity contribution in [2.75, 3.05) is 13.7 Å². The van der Waals surface area contributed by atoms with Crippen LogP contribution in [0.1, 0.15) is 36.6 Å². The number of nitrogens with zero attached hydrogens (tertiary/aromatic N) is 1. The highest BCUT2D eigenvalue weighted by Gasteiger charge is 2.11. The number of phenolic OH excluding ortho intramolecular Hbond substituents is 1. The number of guanidine groups is 1. The number of hydrogen-bond acceptors (Lipinski definition) is 3. The fraction of sp³-hybridized carbons (Fsp3) is 0.350. The second-order valence-corrected chi connectivity index (χ2v) is 6.04. The lowest BCUT2D eigenvalue weighted by Crippen LogP contribution is -2.38. The molecule has 6 heteroatoms. The van der Waals surface area contributed by atoms with Gasteiger partial charge in [-0.1, -0.05) is 24.3 Å². The Kier molecular flexibility index (Phi) is 6.83. The van der Waals surface area contributed by atoms with Crippen LogP contribution in [0.15, 0.2) is 41.4 Å². The number of halogens is 1. The van der Waals surface area contributed by atoms with Crippen LogP contribution in [-0.4, -0.2) is 24.7 Å². The van der Waals surface area contributed by atoms with Crippen molar-refractivity contribution >= 4 is 5.96 Å². The van der Waals surface area contributed by atoms with Crippen molar-refractivity contribution in [3.8, 4) is 11.5 Å². The minimum atomic E-state index is -0.223. The molecular formula is C20H26FN3O2. The monoisotopic (exact) mass is 359 g/mol. The molecule has 2 aromatic rings. The van der Waals surface area contributed by atoms with Gasteiger partial charge in [0.2, 0.25) is 0 Å². The van der Waals surface area contributed by atoms with E-state index < -0.39 is 0 Å². The maximum atomic E-state index is 13.8. The Bertz CT molecular complexity index is 778. The predicted octanol–water partition coefficient (Wildman–Crippen LogP) is 3.66. The van der Waals surface area contributed by atoms with Crippen molar-refractivity contribution in [1.29, 1.82) is 0 Å². The molecule has 0 amide bonds. The normalized spacial score (nSPS) is 12.6. The third-order valence-corrected chi connectivity index (χ3v) is 4.10. The molecule has 3 N–H and O–H groups in total. The van der Waals surface area contributed by atoms with Crippen LogP contribution in [0, 0.1) is 12.7 Å². The minimum Gasteiger partial charge on any atom is -0.504 e. The van der Waals surface area contributed by atoms with Crippen molar-refractivity contribution in [3.05, 3.63) is 58.9 Å². The third kappa shape index (κ3) is 4.88. The predicted molar refractivity (Wildman–Crippen MR) is 102 cm³/mol. The second-order valence-electron chi connectivity index (χ2n) is 6.04. The van der Waals surface area contributed by atoms with Crippen LogP contribution in [-0.2, 0) is 6.54 Å². The summed E-state index contributed by atoms with van der Waals surface area (Å²) in [6.07, 6.45) is 0. The number of methoxy groups -OCH3 is 1. The number of aromatic hydroxyl groups is 1. The van der Waals surface area contributed by atoms with Gasteiger partial charge in [0.15, 0.2) is 17.5 Å². The number of benzene rings is 2. The number of nitrogens with one attached hydrogen (secondary N) is 2. The summed E-state index contributed by atoms with van der Waals surface area (Å²) in [5.74, 6) is 0.866. The zero-order valence-corrected chi connectivity index (χ0v) is 15.6. The Balaban J connectivity index is 2.14. The number of phenols is 1. The van der Waals surface area contributed by atoms with E-state index in [1.165, 1.54) is 13.2 Å². The summed E-state index contributed by atoms with van der Waals surface area (Å²) < 4.78 is 18.9. The molecule has 0 aromatic heterocycles. The highest BCUT2D eigenvalue weighted by atomic mass is 19.1. The van der Waals surface area contributed by atoms with Gasteiger partial charge in [-0.05, 0) is 44.0 Å². The SMILES string of the molecule is CCNC(=NCc1cccc(OC)c1O)NC(C)c1ccc(C)c(F)c1. The van der Waals surface area contributed by atoms with Gasteiger partial charge in [0.05, 0.1) is 19.7 Å². The Labute approximate surface area is 153 Å². The second kappa shape index (κ2) is 9.08. The number of aliphatic imine (C=N–C) groups is 1. The molecule has 0 aliphatic carbocycles. The fourth-order valence-corrected chi connectivity index (χ4v) is 2.51. The molecule has 0 spiro atoms. The largest absolute Gasteiger partial charge is 0.504 e. The molecule has 0 aliphatic rings. The number of para-hydroxylation sites is 1. The maximum absolute atomic E-state index is 13.8. The summed E-state index contributed by atoms with van der Waals surface area (Å²) in [5, 5.41) is 16.6. The topological polar surface area (TPSA) is 65.9 Å². The van der Waals surface area contributed by atoms with E-state index in [1.54, 1.807) is 25.1 Å². The van der Waals surface area contributed by atoms with Gasteiger partial charge in [-0.2, -0.15) is 0 Å². The van der Waals surface area contributed by atoms with Crippen LogP contribution in [0.25, 0.3) is 0 Å². The highest BCUT2D eigenvalue weighted by Crippen LogP contribution is 2.29. The molecule has 0 bridgehead atoms. The van der Waals surface area contributed by atoms with Gasteiger partial charge in [0, 0.05) is 12.1 Å². The van der Waals surface area contributed by atoms with Crippen molar-refractivity contribution in [2.45, 2.75) is 33.4 Å². The first-order chi connectivity index (χ1) is 12.5.